The summed E-state index contributed by atoms with van der Waals surface area (Å²) in [5.74, 6) is 0.444. The molecular weight excluding hydrogens is 409 g/mol. The maximum atomic E-state index is 11.8. The van der Waals surface area contributed by atoms with Gasteiger partial charge in [-0.15, -0.1) is 24.0 Å². The molecule has 0 aliphatic carbocycles. The normalized spacial score (nSPS) is 11.3. The van der Waals surface area contributed by atoms with Gasteiger partial charge in [0.25, 0.3) is 0 Å². The molecule has 0 rings (SSSR count). The second-order valence-corrected chi connectivity index (χ2v) is 6.05. The number of nitrogens with zero attached hydrogens (tertiary/aromatic N) is 2. The molecule has 0 saturated carbocycles. The van der Waals surface area contributed by atoms with Crippen LogP contribution in [0.1, 0.15) is 33.6 Å². The van der Waals surface area contributed by atoms with Crippen molar-refractivity contribution < 1.29 is 9.59 Å². The molecule has 0 aromatic rings. The topological polar surface area (TPSA) is 85.8 Å². The molecule has 136 valence electrons. The Labute approximate surface area is 157 Å². The van der Waals surface area contributed by atoms with Gasteiger partial charge in [-0.2, -0.15) is 0 Å². The van der Waals surface area contributed by atoms with E-state index in [9.17, 15) is 9.59 Å². The summed E-state index contributed by atoms with van der Waals surface area (Å²) in [4.78, 5) is 29.2. The van der Waals surface area contributed by atoms with E-state index in [2.05, 4.69) is 27.9 Å². The Morgan fingerprint density at radius 2 is 1.78 bits per heavy atom. The second-order valence-electron chi connectivity index (χ2n) is 6.05. The molecule has 0 radical (unpaired) electrons. The van der Waals surface area contributed by atoms with Crippen molar-refractivity contribution >= 4 is 41.8 Å². The van der Waals surface area contributed by atoms with Crippen molar-refractivity contribution in [2.45, 2.75) is 33.6 Å². The Hall–Kier alpha value is -1.06. The first-order valence-electron chi connectivity index (χ1n) is 7.69. The molecule has 0 aromatic carbocycles. The van der Waals surface area contributed by atoms with Gasteiger partial charge in [-0.1, -0.05) is 13.3 Å². The van der Waals surface area contributed by atoms with Crippen molar-refractivity contribution in [3.8, 4) is 0 Å². The number of amides is 2. The minimum Gasteiger partial charge on any atom is -0.359 e. The smallest absolute Gasteiger partial charge is 0.243 e. The number of likely N-dealkylation sites (N-methyl/N-ethyl adjacent to an activating group) is 1. The zero-order chi connectivity index (χ0) is 17.2. The van der Waals surface area contributed by atoms with Gasteiger partial charge in [-0.3, -0.25) is 9.59 Å². The van der Waals surface area contributed by atoms with E-state index < -0.39 is 5.41 Å². The van der Waals surface area contributed by atoms with Crippen LogP contribution >= 0.6 is 24.0 Å². The van der Waals surface area contributed by atoms with E-state index in [0.29, 0.717) is 12.5 Å². The van der Waals surface area contributed by atoms with E-state index in [-0.39, 0.29) is 42.3 Å². The van der Waals surface area contributed by atoms with Crippen molar-refractivity contribution in [3.63, 3.8) is 0 Å². The predicted molar refractivity (Wildman–Crippen MR) is 105 cm³/mol. The number of hydrogen-bond donors (Lipinski definition) is 3. The molecule has 7 nitrogen and oxygen atoms in total. The van der Waals surface area contributed by atoms with Gasteiger partial charge in [0, 0.05) is 34.2 Å². The first-order chi connectivity index (χ1) is 10.2. The Kier molecular flexibility index (Phi) is 13.0. The lowest BCUT2D eigenvalue weighted by Gasteiger charge is -2.24. The Bertz CT molecular complexity index is 397. The lowest BCUT2D eigenvalue weighted by Crippen LogP contribution is -2.47. The predicted octanol–water partition coefficient (Wildman–Crippen LogP) is 0.800. The van der Waals surface area contributed by atoms with E-state index in [1.807, 2.05) is 13.8 Å². The van der Waals surface area contributed by atoms with Crippen LogP contribution in [-0.2, 0) is 9.59 Å². The van der Waals surface area contributed by atoms with E-state index in [1.54, 1.807) is 21.1 Å². The molecule has 3 N–H and O–H groups in total. The number of nitrogens with one attached hydrogen (secondary N) is 3. The molecule has 0 aliphatic rings. The van der Waals surface area contributed by atoms with Gasteiger partial charge >= 0.3 is 0 Å². The van der Waals surface area contributed by atoms with Crippen molar-refractivity contribution in [1.29, 1.82) is 0 Å². The third kappa shape index (κ3) is 10.4. The highest BCUT2D eigenvalue weighted by molar-refractivity contribution is 14.0. The molecule has 0 fully saturated rings. The quantitative estimate of drug-likeness (QED) is 0.225. The molecule has 0 spiro atoms. The number of carbonyl (C=O) groups excluding carboxylic acids is 2. The molecule has 23 heavy (non-hydrogen) atoms. The Balaban J connectivity index is 0. The van der Waals surface area contributed by atoms with E-state index in [4.69, 9.17) is 0 Å². The highest BCUT2D eigenvalue weighted by atomic mass is 127. The van der Waals surface area contributed by atoms with Crippen LogP contribution in [0.3, 0.4) is 0 Å². The standard InChI is InChI=1S/C15H31N5O2.HI/c1-7-8-9-17-14(18-10-12(21)20(5)6)19-11-15(2,3)13(22)16-4;/h7-11H2,1-6H3,(H,16,22)(H2,17,18,19);1H. The summed E-state index contributed by atoms with van der Waals surface area (Å²) < 4.78 is 0. The van der Waals surface area contributed by atoms with Gasteiger partial charge < -0.3 is 20.9 Å². The summed E-state index contributed by atoms with van der Waals surface area (Å²) in [6.45, 7) is 7.10. The Morgan fingerprint density at radius 3 is 2.26 bits per heavy atom. The summed E-state index contributed by atoms with van der Waals surface area (Å²) in [5, 5.41) is 8.96. The van der Waals surface area contributed by atoms with Crippen LogP contribution in [0, 0.1) is 5.41 Å². The summed E-state index contributed by atoms with van der Waals surface area (Å²) in [7, 11) is 5.02. The fourth-order valence-corrected chi connectivity index (χ4v) is 1.57. The maximum Gasteiger partial charge on any atom is 0.243 e. The van der Waals surface area contributed by atoms with Gasteiger partial charge in [0.15, 0.2) is 5.96 Å². The number of hydrogen-bond acceptors (Lipinski definition) is 3. The number of unbranched alkanes of at least 4 members (excludes halogenated alkanes) is 1. The third-order valence-corrected chi connectivity index (χ3v) is 3.23. The number of rotatable bonds is 8. The van der Waals surface area contributed by atoms with Crippen LogP contribution in [-0.4, -0.2) is 63.5 Å². The molecule has 0 unspecified atom stereocenters. The zero-order valence-corrected chi connectivity index (χ0v) is 17.5. The van der Waals surface area contributed by atoms with Crippen LogP contribution in [0.5, 0.6) is 0 Å². The van der Waals surface area contributed by atoms with Gasteiger partial charge in [0.1, 0.15) is 6.54 Å². The maximum absolute atomic E-state index is 11.8. The summed E-state index contributed by atoms with van der Waals surface area (Å²) in [6.07, 6.45) is 2.09. The highest BCUT2D eigenvalue weighted by Crippen LogP contribution is 2.12. The first-order valence-corrected chi connectivity index (χ1v) is 7.69. The SMILES string of the molecule is CCCCNC(=NCC(=O)N(C)C)NCC(C)(C)C(=O)NC.I. The second kappa shape index (κ2) is 12.4. The van der Waals surface area contributed by atoms with Gasteiger partial charge in [-0.25, -0.2) is 4.99 Å². The molecule has 0 bridgehead atoms. The minimum atomic E-state index is -0.562. The summed E-state index contributed by atoms with van der Waals surface area (Å²) in [6, 6.07) is 0. The van der Waals surface area contributed by atoms with Crippen molar-refractivity contribution in [2.75, 3.05) is 40.8 Å². The van der Waals surface area contributed by atoms with Gasteiger partial charge in [0.05, 0.1) is 5.41 Å². The molecule has 0 heterocycles. The molecule has 2 amide bonds. The third-order valence-electron chi connectivity index (χ3n) is 3.23. The fourth-order valence-electron chi connectivity index (χ4n) is 1.57. The lowest BCUT2D eigenvalue weighted by molar-refractivity contribution is -0.128. The van der Waals surface area contributed by atoms with Crippen LogP contribution in [0.4, 0.5) is 0 Å². The van der Waals surface area contributed by atoms with Crippen LogP contribution in [0.2, 0.25) is 0 Å². The molecular formula is C15H32IN5O2. The number of carbonyl (C=O) groups is 2. The molecule has 0 aromatic heterocycles. The van der Waals surface area contributed by atoms with E-state index >= 15 is 0 Å². The summed E-state index contributed by atoms with van der Waals surface area (Å²) >= 11 is 0. The number of halogens is 1. The molecule has 8 heteroatoms. The van der Waals surface area contributed by atoms with E-state index in [0.717, 1.165) is 19.4 Å². The van der Waals surface area contributed by atoms with Gasteiger partial charge in [-0.05, 0) is 20.3 Å². The number of guanidine groups is 1. The van der Waals surface area contributed by atoms with E-state index in [1.165, 1.54) is 4.90 Å². The average molecular weight is 441 g/mol. The fraction of sp³-hybridized carbons (Fsp3) is 0.800. The molecule has 0 aliphatic heterocycles. The first kappa shape index (κ1) is 24.2. The summed E-state index contributed by atoms with van der Waals surface area (Å²) in [5.41, 5.74) is -0.562. The minimum absolute atomic E-state index is 0. The largest absolute Gasteiger partial charge is 0.359 e. The van der Waals surface area contributed by atoms with Crippen LogP contribution in [0.15, 0.2) is 4.99 Å². The van der Waals surface area contributed by atoms with Crippen LogP contribution < -0.4 is 16.0 Å². The zero-order valence-electron chi connectivity index (χ0n) is 15.2. The number of aliphatic imine (C=N–C) groups is 1. The van der Waals surface area contributed by atoms with Crippen LogP contribution in [0.25, 0.3) is 0 Å². The highest BCUT2D eigenvalue weighted by Gasteiger charge is 2.26. The molecule has 0 atom stereocenters. The average Bonchev–Trinajstić information content (AvgIpc) is 2.48. The monoisotopic (exact) mass is 441 g/mol. The molecule has 0 saturated heterocycles. The van der Waals surface area contributed by atoms with Crippen molar-refractivity contribution in [1.82, 2.24) is 20.9 Å². The lowest BCUT2D eigenvalue weighted by atomic mass is 9.92. The van der Waals surface area contributed by atoms with Crippen molar-refractivity contribution in [2.24, 2.45) is 10.4 Å². The van der Waals surface area contributed by atoms with Crippen molar-refractivity contribution in [3.05, 3.63) is 0 Å². The van der Waals surface area contributed by atoms with Gasteiger partial charge in [0.2, 0.25) is 11.8 Å². The Morgan fingerprint density at radius 1 is 1.17 bits per heavy atom.